The van der Waals surface area contributed by atoms with Crippen molar-refractivity contribution < 1.29 is 14.7 Å². The van der Waals surface area contributed by atoms with Crippen molar-refractivity contribution >= 4 is 17.7 Å². The summed E-state index contributed by atoms with van der Waals surface area (Å²) < 4.78 is 0. The molecule has 2 rings (SSSR count). The standard InChI is InChI=1S/C19H28N4O3/c1-3-9-23(14-15(2)13-22-10-7-20-8-11-22)19(26)21-17-6-4-5-16(12-17)18(24)25/h4-6,12,20H,2-3,7-11,13-14H2,1H3,(H,21,26)(H,24,25). The molecular weight excluding hydrogens is 332 g/mol. The molecular formula is C19H28N4O3. The number of hydrogen-bond donors (Lipinski definition) is 3. The van der Waals surface area contributed by atoms with E-state index in [0.29, 0.717) is 18.8 Å². The molecule has 1 heterocycles. The Hall–Kier alpha value is -2.38. The zero-order valence-corrected chi connectivity index (χ0v) is 15.3. The number of nitrogens with one attached hydrogen (secondary N) is 2. The molecule has 7 nitrogen and oxygen atoms in total. The lowest BCUT2D eigenvalue weighted by Crippen LogP contribution is -2.45. The molecule has 1 saturated heterocycles. The van der Waals surface area contributed by atoms with Gasteiger partial charge in [0.2, 0.25) is 0 Å². The number of urea groups is 1. The molecule has 1 aromatic carbocycles. The van der Waals surface area contributed by atoms with Crippen LogP contribution < -0.4 is 10.6 Å². The number of carbonyl (C=O) groups excluding carboxylic acids is 1. The van der Waals surface area contributed by atoms with E-state index in [4.69, 9.17) is 5.11 Å². The third-order valence-electron chi connectivity index (χ3n) is 4.21. The molecule has 0 bridgehead atoms. The predicted molar refractivity (Wildman–Crippen MR) is 103 cm³/mol. The number of hydrogen-bond acceptors (Lipinski definition) is 4. The molecule has 0 radical (unpaired) electrons. The molecule has 0 unspecified atom stereocenters. The van der Waals surface area contributed by atoms with Gasteiger partial charge in [0.15, 0.2) is 0 Å². The van der Waals surface area contributed by atoms with Crippen LogP contribution in [0.2, 0.25) is 0 Å². The third-order valence-corrected chi connectivity index (χ3v) is 4.21. The fourth-order valence-corrected chi connectivity index (χ4v) is 2.96. The van der Waals surface area contributed by atoms with Gasteiger partial charge in [0.25, 0.3) is 0 Å². The second-order valence-corrected chi connectivity index (χ2v) is 6.51. The molecule has 1 aliphatic heterocycles. The third kappa shape index (κ3) is 6.16. The fraction of sp³-hybridized carbons (Fsp3) is 0.474. The Morgan fingerprint density at radius 2 is 2.08 bits per heavy atom. The van der Waals surface area contributed by atoms with E-state index < -0.39 is 5.97 Å². The molecule has 2 amide bonds. The minimum Gasteiger partial charge on any atom is -0.478 e. The maximum atomic E-state index is 12.6. The van der Waals surface area contributed by atoms with E-state index in [0.717, 1.165) is 44.7 Å². The van der Waals surface area contributed by atoms with Gasteiger partial charge in [0.05, 0.1) is 5.56 Å². The van der Waals surface area contributed by atoms with Crippen molar-refractivity contribution in [2.75, 3.05) is 51.1 Å². The molecule has 0 aromatic heterocycles. The van der Waals surface area contributed by atoms with Gasteiger partial charge in [-0.2, -0.15) is 0 Å². The summed E-state index contributed by atoms with van der Waals surface area (Å²) in [6.07, 6.45) is 0.837. The van der Waals surface area contributed by atoms with Crippen molar-refractivity contribution in [1.82, 2.24) is 15.1 Å². The molecule has 0 atom stereocenters. The lowest BCUT2D eigenvalue weighted by molar-refractivity contribution is 0.0697. The average molecular weight is 360 g/mol. The Morgan fingerprint density at radius 3 is 2.73 bits per heavy atom. The van der Waals surface area contributed by atoms with Crippen molar-refractivity contribution in [2.45, 2.75) is 13.3 Å². The highest BCUT2D eigenvalue weighted by molar-refractivity contribution is 5.93. The Bertz CT molecular complexity index is 641. The molecule has 142 valence electrons. The van der Waals surface area contributed by atoms with Crippen LogP contribution in [0.15, 0.2) is 36.4 Å². The quantitative estimate of drug-likeness (QED) is 0.618. The van der Waals surface area contributed by atoms with Crippen LogP contribution in [0.1, 0.15) is 23.7 Å². The summed E-state index contributed by atoms with van der Waals surface area (Å²) >= 11 is 0. The number of anilines is 1. The first-order valence-corrected chi connectivity index (χ1v) is 8.98. The van der Waals surface area contributed by atoms with E-state index in [1.54, 1.807) is 17.0 Å². The first-order chi connectivity index (χ1) is 12.5. The zero-order valence-electron chi connectivity index (χ0n) is 15.3. The highest BCUT2D eigenvalue weighted by Gasteiger charge is 2.17. The fourth-order valence-electron chi connectivity index (χ4n) is 2.96. The molecule has 3 N–H and O–H groups in total. The summed E-state index contributed by atoms with van der Waals surface area (Å²) in [6, 6.07) is 6.02. The zero-order chi connectivity index (χ0) is 18.9. The molecule has 1 aliphatic rings. The van der Waals surface area contributed by atoms with E-state index in [1.807, 2.05) is 6.92 Å². The molecule has 7 heteroatoms. The van der Waals surface area contributed by atoms with Crippen LogP contribution in [0.4, 0.5) is 10.5 Å². The van der Waals surface area contributed by atoms with Crippen LogP contribution >= 0.6 is 0 Å². The Morgan fingerprint density at radius 1 is 1.35 bits per heavy atom. The number of carboxylic acids is 1. The van der Waals surface area contributed by atoms with Crippen LogP contribution in [-0.2, 0) is 0 Å². The van der Waals surface area contributed by atoms with Gasteiger partial charge in [-0.3, -0.25) is 4.90 Å². The normalized spacial score (nSPS) is 14.7. The van der Waals surface area contributed by atoms with E-state index >= 15 is 0 Å². The van der Waals surface area contributed by atoms with Gasteiger partial charge in [-0.25, -0.2) is 9.59 Å². The second-order valence-electron chi connectivity index (χ2n) is 6.51. The van der Waals surface area contributed by atoms with E-state index in [-0.39, 0.29) is 11.6 Å². The number of carbonyl (C=O) groups is 2. The average Bonchev–Trinajstić information content (AvgIpc) is 2.62. The van der Waals surface area contributed by atoms with Gasteiger partial charge in [-0.1, -0.05) is 19.6 Å². The number of nitrogens with zero attached hydrogens (tertiary/aromatic N) is 2. The monoisotopic (exact) mass is 360 g/mol. The van der Waals surface area contributed by atoms with E-state index in [1.165, 1.54) is 12.1 Å². The smallest absolute Gasteiger partial charge is 0.335 e. The lowest BCUT2D eigenvalue weighted by Gasteiger charge is -2.30. The summed E-state index contributed by atoms with van der Waals surface area (Å²) in [5.41, 5.74) is 1.62. The molecule has 26 heavy (non-hydrogen) atoms. The summed E-state index contributed by atoms with van der Waals surface area (Å²) in [5.74, 6) is -1.02. The molecule has 0 spiro atoms. The Labute approximate surface area is 154 Å². The maximum absolute atomic E-state index is 12.6. The highest BCUT2D eigenvalue weighted by atomic mass is 16.4. The summed E-state index contributed by atoms with van der Waals surface area (Å²) in [7, 11) is 0. The van der Waals surface area contributed by atoms with Gasteiger partial charge in [-0.15, -0.1) is 0 Å². The van der Waals surface area contributed by atoms with Crippen molar-refractivity contribution in [1.29, 1.82) is 0 Å². The van der Waals surface area contributed by atoms with Crippen molar-refractivity contribution in [3.63, 3.8) is 0 Å². The molecule has 0 aliphatic carbocycles. The molecule has 1 aromatic rings. The predicted octanol–water partition coefficient (Wildman–Crippen LogP) is 2.09. The summed E-state index contributed by atoms with van der Waals surface area (Å²) in [6.45, 7) is 12.0. The topological polar surface area (TPSA) is 84.9 Å². The highest BCUT2D eigenvalue weighted by Crippen LogP contribution is 2.12. The van der Waals surface area contributed by atoms with Crippen LogP contribution in [0.25, 0.3) is 0 Å². The van der Waals surface area contributed by atoms with Gasteiger partial charge in [-0.05, 0) is 30.2 Å². The summed E-state index contributed by atoms with van der Waals surface area (Å²) in [5, 5.41) is 15.2. The van der Waals surface area contributed by atoms with Crippen LogP contribution in [0, 0.1) is 0 Å². The number of piperazine rings is 1. The van der Waals surface area contributed by atoms with E-state index in [9.17, 15) is 9.59 Å². The second kappa shape index (κ2) is 9.94. The van der Waals surface area contributed by atoms with Gasteiger partial charge >= 0.3 is 12.0 Å². The van der Waals surface area contributed by atoms with Crippen LogP contribution in [-0.4, -0.2) is 72.7 Å². The van der Waals surface area contributed by atoms with Gasteiger partial charge < -0.3 is 20.6 Å². The van der Waals surface area contributed by atoms with E-state index in [2.05, 4.69) is 22.1 Å². The van der Waals surface area contributed by atoms with Gasteiger partial charge in [0.1, 0.15) is 0 Å². The lowest BCUT2D eigenvalue weighted by atomic mass is 10.2. The van der Waals surface area contributed by atoms with Crippen LogP contribution in [0.5, 0.6) is 0 Å². The number of aromatic carboxylic acids is 1. The minimum absolute atomic E-state index is 0.146. The molecule has 1 fully saturated rings. The number of benzene rings is 1. The Kier molecular flexibility index (Phi) is 7.62. The largest absolute Gasteiger partial charge is 0.478 e. The number of carboxylic acid groups (broad SMARTS) is 1. The summed E-state index contributed by atoms with van der Waals surface area (Å²) in [4.78, 5) is 27.7. The van der Waals surface area contributed by atoms with Crippen molar-refractivity contribution in [2.24, 2.45) is 0 Å². The first-order valence-electron chi connectivity index (χ1n) is 8.98. The SMILES string of the molecule is C=C(CN1CCNCC1)CN(CCC)C(=O)Nc1cccc(C(=O)O)c1. The number of rotatable bonds is 8. The molecule has 0 saturated carbocycles. The van der Waals surface area contributed by atoms with Crippen LogP contribution in [0.3, 0.4) is 0 Å². The number of amides is 2. The first kappa shape index (κ1) is 19.9. The van der Waals surface area contributed by atoms with Crippen molar-refractivity contribution in [3.8, 4) is 0 Å². The van der Waals surface area contributed by atoms with Crippen molar-refractivity contribution in [3.05, 3.63) is 42.0 Å². The minimum atomic E-state index is -1.02. The van der Waals surface area contributed by atoms with Gasteiger partial charge in [0, 0.05) is 51.5 Å². The Balaban J connectivity index is 1.94. The maximum Gasteiger partial charge on any atom is 0.335 e.